The molecule has 1 atom stereocenters. The predicted molar refractivity (Wildman–Crippen MR) is 67.1 cm³/mol. The van der Waals surface area contributed by atoms with E-state index >= 15 is 0 Å². The quantitative estimate of drug-likeness (QED) is 0.503. The molecule has 1 nitrogen and oxygen atoms in total. The normalized spacial score (nSPS) is 16.2. The van der Waals surface area contributed by atoms with Crippen LogP contribution in [0.5, 0.6) is 0 Å². The predicted octanol–water partition coefficient (Wildman–Crippen LogP) is 4.22. The van der Waals surface area contributed by atoms with Crippen LogP contribution in [0.25, 0.3) is 0 Å². The minimum atomic E-state index is -1.53. The van der Waals surface area contributed by atoms with E-state index < -0.39 is 8.32 Å². The molecular weight excluding hydrogens is 188 g/mol. The summed E-state index contributed by atoms with van der Waals surface area (Å²) < 4.78 is 6.10. The third-order valence-electron chi connectivity index (χ3n) is 3.03. The van der Waals surface area contributed by atoms with Crippen LogP contribution in [0.1, 0.15) is 34.6 Å². The van der Waals surface area contributed by atoms with Crippen molar-refractivity contribution < 1.29 is 4.43 Å². The van der Waals surface area contributed by atoms with Gasteiger partial charge in [-0.05, 0) is 31.0 Å². The Bertz CT molecular complexity index is 189. The van der Waals surface area contributed by atoms with E-state index in [1.807, 2.05) is 0 Å². The fourth-order valence-electron chi connectivity index (χ4n) is 0.940. The molecular formula is C12H26OSi. The van der Waals surface area contributed by atoms with Gasteiger partial charge >= 0.3 is 0 Å². The van der Waals surface area contributed by atoms with Crippen molar-refractivity contribution in [1.82, 2.24) is 0 Å². The number of hydrogen-bond acceptors (Lipinski definition) is 1. The minimum Gasteiger partial charge on any atom is -0.416 e. The van der Waals surface area contributed by atoms with E-state index in [2.05, 4.69) is 59.9 Å². The van der Waals surface area contributed by atoms with Crippen molar-refractivity contribution in [1.29, 1.82) is 0 Å². The van der Waals surface area contributed by atoms with E-state index in [-0.39, 0.29) is 0 Å². The van der Waals surface area contributed by atoms with Crippen molar-refractivity contribution in [3.05, 3.63) is 12.2 Å². The SMILES string of the molecule is CC=C[C@@H](C)CO[Si](C)(C)C(C)(C)C. The lowest BCUT2D eigenvalue weighted by atomic mass is 10.2. The van der Waals surface area contributed by atoms with Crippen molar-refractivity contribution in [2.75, 3.05) is 6.61 Å². The van der Waals surface area contributed by atoms with Crippen LogP contribution in [-0.4, -0.2) is 14.9 Å². The fraction of sp³-hybridized carbons (Fsp3) is 0.833. The van der Waals surface area contributed by atoms with E-state index in [1.54, 1.807) is 0 Å². The van der Waals surface area contributed by atoms with Crippen LogP contribution in [0.2, 0.25) is 18.1 Å². The lowest BCUT2D eigenvalue weighted by Gasteiger charge is -2.36. The molecule has 0 aromatic carbocycles. The molecule has 0 amide bonds. The Morgan fingerprint density at radius 1 is 1.29 bits per heavy atom. The number of hydrogen-bond donors (Lipinski definition) is 0. The van der Waals surface area contributed by atoms with Crippen LogP contribution in [-0.2, 0) is 4.43 Å². The Morgan fingerprint density at radius 3 is 2.14 bits per heavy atom. The second kappa shape index (κ2) is 5.13. The van der Waals surface area contributed by atoms with Gasteiger partial charge in [-0.25, -0.2) is 0 Å². The molecule has 0 aliphatic heterocycles. The number of rotatable bonds is 4. The smallest absolute Gasteiger partial charge is 0.192 e. The van der Waals surface area contributed by atoms with Gasteiger partial charge in [-0.15, -0.1) is 0 Å². The highest BCUT2D eigenvalue weighted by molar-refractivity contribution is 6.74. The van der Waals surface area contributed by atoms with E-state index in [9.17, 15) is 0 Å². The van der Waals surface area contributed by atoms with Crippen LogP contribution in [0.4, 0.5) is 0 Å². The molecule has 0 aromatic heterocycles. The molecule has 0 rings (SSSR count). The van der Waals surface area contributed by atoms with Crippen LogP contribution < -0.4 is 0 Å². The van der Waals surface area contributed by atoms with Gasteiger partial charge in [-0.3, -0.25) is 0 Å². The lowest BCUT2D eigenvalue weighted by molar-refractivity contribution is 0.259. The topological polar surface area (TPSA) is 9.23 Å². The van der Waals surface area contributed by atoms with E-state index in [1.165, 1.54) is 0 Å². The highest BCUT2D eigenvalue weighted by Crippen LogP contribution is 2.36. The van der Waals surface area contributed by atoms with Crippen LogP contribution in [0.3, 0.4) is 0 Å². The van der Waals surface area contributed by atoms with Gasteiger partial charge in [0, 0.05) is 6.61 Å². The summed E-state index contributed by atoms with van der Waals surface area (Å²) in [6.45, 7) is 16.6. The summed E-state index contributed by atoms with van der Waals surface area (Å²) in [7, 11) is -1.53. The Labute approximate surface area is 90.7 Å². The molecule has 0 spiro atoms. The van der Waals surface area contributed by atoms with Crippen LogP contribution in [0.15, 0.2) is 12.2 Å². The summed E-state index contributed by atoms with van der Waals surface area (Å²) in [4.78, 5) is 0. The van der Waals surface area contributed by atoms with Crippen molar-refractivity contribution in [2.24, 2.45) is 5.92 Å². The number of allylic oxidation sites excluding steroid dienone is 1. The van der Waals surface area contributed by atoms with Gasteiger partial charge in [0.1, 0.15) is 0 Å². The highest BCUT2D eigenvalue weighted by Gasteiger charge is 2.37. The summed E-state index contributed by atoms with van der Waals surface area (Å²) >= 11 is 0. The van der Waals surface area contributed by atoms with E-state index in [0.717, 1.165) is 6.61 Å². The molecule has 0 N–H and O–H groups in total. The van der Waals surface area contributed by atoms with Gasteiger partial charge < -0.3 is 4.43 Å². The first kappa shape index (κ1) is 13.9. The molecule has 0 heterocycles. The zero-order valence-electron chi connectivity index (χ0n) is 10.8. The third-order valence-corrected chi connectivity index (χ3v) is 7.53. The first-order valence-electron chi connectivity index (χ1n) is 5.47. The summed E-state index contributed by atoms with van der Waals surface area (Å²) in [6, 6.07) is 0. The van der Waals surface area contributed by atoms with Crippen molar-refractivity contribution >= 4 is 8.32 Å². The van der Waals surface area contributed by atoms with Crippen LogP contribution >= 0.6 is 0 Å². The fourth-order valence-corrected chi connectivity index (χ4v) is 2.05. The largest absolute Gasteiger partial charge is 0.416 e. The van der Waals surface area contributed by atoms with Gasteiger partial charge in [0.15, 0.2) is 8.32 Å². The standard InChI is InChI=1S/C12H26OSi/c1-8-9-11(2)10-13-14(6,7)12(3,4)5/h8-9,11H,10H2,1-7H3/t11-/m1/s1. The monoisotopic (exact) mass is 214 g/mol. The summed E-state index contributed by atoms with van der Waals surface area (Å²) in [5, 5.41) is 0.322. The van der Waals surface area contributed by atoms with Gasteiger partial charge in [0.05, 0.1) is 0 Å². The van der Waals surface area contributed by atoms with Crippen molar-refractivity contribution in [3.63, 3.8) is 0 Å². The lowest BCUT2D eigenvalue weighted by Crippen LogP contribution is -2.41. The van der Waals surface area contributed by atoms with Crippen molar-refractivity contribution in [2.45, 2.75) is 52.8 Å². The average molecular weight is 214 g/mol. The highest BCUT2D eigenvalue weighted by atomic mass is 28.4. The Morgan fingerprint density at radius 2 is 1.79 bits per heavy atom. The van der Waals surface area contributed by atoms with E-state index in [0.29, 0.717) is 11.0 Å². The van der Waals surface area contributed by atoms with Gasteiger partial charge in [0.2, 0.25) is 0 Å². The molecule has 0 aromatic rings. The maximum atomic E-state index is 6.10. The first-order valence-corrected chi connectivity index (χ1v) is 8.38. The van der Waals surface area contributed by atoms with Gasteiger partial charge in [0.25, 0.3) is 0 Å². The molecule has 0 bridgehead atoms. The Hall–Kier alpha value is -0.0831. The molecule has 2 heteroatoms. The third kappa shape index (κ3) is 4.42. The summed E-state index contributed by atoms with van der Waals surface area (Å²) in [5.41, 5.74) is 0. The molecule has 14 heavy (non-hydrogen) atoms. The molecule has 0 unspecified atom stereocenters. The molecule has 0 fully saturated rings. The molecule has 0 aliphatic carbocycles. The molecule has 0 aliphatic rings. The second-order valence-corrected chi connectivity index (χ2v) is 10.4. The van der Waals surface area contributed by atoms with Gasteiger partial charge in [-0.1, -0.05) is 39.8 Å². The summed E-state index contributed by atoms with van der Waals surface area (Å²) in [6.07, 6.45) is 4.30. The molecule has 0 saturated heterocycles. The maximum absolute atomic E-state index is 6.10. The van der Waals surface area contributed by atoms with E-state index in [4.69, 9.17) is 4.43 Å². The Balaban J connectivity index is 4.12. The Kier molecular flexibility index (Phi) is 5.10. The summed E-state index contributed by atoms with van der Waals surface area (Å²) in [5.74, 6) is 0.536. The zero-order chi connectivity index (χ0) is 11.4. The van der Waals surface area contributed by atoms with Gasteiger partial charge in [-0.2, -0.15) is 0 Å². The first-order chi connectivity index (χ1) is 6.20. The average Bonchev–Trinajstić information content (AvgIpc) is 1.99. The van der Waals surface area contributed by atoms with Crippen LogP contribution in [0, 0.1) is 5.92 Å². The molecule has 0 radical (unpaired) electrons. The molecule has 0 saturated carbocycles. The maximum Gasteiger partial charge on any atom is 0.192 e. The second-order valence-electron chi connectivity index (χ2n) is 5.57. The minimum absolute atomic E-state index is 0.322. The molecule has 84 valence electrons. The zero-order valence-corrected chi connectivity index (χ0v) is 11.8. The van der Waals surface area contributed by atoms with Crippen molar-refractivity contribution in [3.8, 4) is 0 Å².